The van der Waals surface area contributed by atoms with E-state index in [1.54, 1.807) is 26.0 Å². The monoisotopic (exact) mass is 265 g/mol. The second-order valence-corrected chi connectivity index (χ2v) is 4.62. The van der Waals surface area contributed by atoms with E-state index in [4.69, 9.17) is 5.11 Å². The second kappa shape index (κ2) is 6.22. The maximum atomic E-state index is 12.1. The number of phenolic OH excluding ortho intramolecular Hbond substituents is 1. The van der Waals surface area contributed by atoms with E-state index in [1.807, 2.05) is 6.92 Å². The van der Waals surface area contributed by atoms with E-state index >= 15 is 0 Å². The average molecular weight is 265 g/mol. The zero-order chi connectivity index (χ0) is 14.6. The summed E-state index contributed by atoms with van der Waals surface area (Å²) < 4.78 is 0. The van der Waals surface area contributed by atoms with Crippen molar-refractivity contribution in [2.75, 3.05) is 0 Å². The number of rotatable bonds is 5. The first-order valence-corrected chi connectivity index (χ1v) is 6.20. The Morgan fingerprint density at radius 2 is 2.00 bits per heavy atom. The first-order chi connectivity index (χ1) is 8.88. The maximum Gasteiger partial charge on any atom is 0.326 e. The smallest absolute Gasteiger partial charge is 0.326 e. The SMILES string of the molecule is CC[C@H](C)[C@H](NC(=O)c1cccc(O)c1C)C(=O)O. The van der Waals surface area contributed by atoms with E-state index in [0.29, 0.717) is 12.0 Å². The Hall–Kier alpha value is -2.04. The summed E-state index contributed by atoms with van der Waals surface area (Å²) in [6.07, 6.45) is 0.649. The molecule has 0 aliphatic heterocycles. The minimum Gasteiger partial charge on any atom is -0.508 e. The van der Waals surface area contributed by atoms with Crippen molar-refractivity contribution in [1.29, 1.82) is 0 Å². The minimum absolute atomic E-state index is 0.0167. The van der Waals surface area contributed by atoms with Crippen molar-refractivity contribution >= 4 is 11.9 Å². The van der Waals surface area contributed by atoms with Crippen molar-refractivity contribution in [3.05, 3.63) is 29.3 Å². The van der Waals surface area contributed by atoms with E-state index in [-0.39, 0.29) is 17.2 Å². The largest absolute Gasteiger partial charge is 0.508 e. The van der Waals surface area contributed by atoms with Gasteiger partial charge in [0.15, 0.2) is 0 Å². The molecular formula is C14H19NO4. The molecule has 5 heteroatoms. The lowest BCUT2D eigenvalue weighted by Crippen LogP contribution is -2.45. The molecule has 3 N–H and O–H groups in total. The molecule has 0 bridgehead atoms. The Balaban J connectivity index is 2.94. The highest BCUT2D eigenvalue weighted by molar-refractivity contribution is 5.98. The number of amides is 1. The molecule has 1 amide bonds. The number of hydrogen-bond acceptors (Lipinski definition) is 3. The third kappa shape index (κ3) is 3.47. The molecule has 0 saturated carbocycles. The third-order valence-electron chi connectivity index (χ3n) is 3.32. The van der Waals surface area contributed by atoms with Gasteiger partial charge in [0.25, 0.3) is 5.91 Å². The summed E-state index contributed by atoms with van der Waals surface area (Å²) in [5.74, 6) is -1.69. The lowest BCUT2D eigenvalue weighted by Gasteiger charge is -2.20. The van der Waals surface area contributed by atoms with Crippen LogP contribution in [0.1, 0.15) is 36.2 Å². The molecule has 1 rings (SSSR count). The maximum absolute atomic E-state index is 12.1. The number of benzene rings is 1. The quantitative estimate of drug-likeness (QED) is 0.759. The summed E-state index contributed by atoms with van der Waals surface area (Å²) >= 11 is 0. The molecule has 104 valence electrons. The molecule has 0 heterocycles. The number of carbonyl (C=O) groups excluding carboxylic acids is 1. The lowest BCUT2D eigenvalue weighted by atomic mass is 9.98. The Bertz CT molecular complexity index is 484. The molecule has 0 unspecified atom stereocenters. The first-order valence-electron chi connectivity index (χ1n) is 6.20. The minimum atomic E-state index is -1.06. The van der Waals surface area contributed by atoms with E-state index in [0.717, 1.165) is 0 Å². The van der Waals surface area contributed by atoms with Crippen LogP contribution in [0.5, 0.6) is 5.75 Å². The second-order valence-electron chi connectivity index (χ2n) is 4.62. The van der Waals surface area contributed by atoms with Crippen molar-refractivity contribution in [1.82, 2.24) is 5.32 Å². The fraction of sp³-hybridized carbons (Fsp3) is 0.429. The fourth-order valence-electron chi connectivity index (χ4n) is 1.77. The zero-order valence-corrected chi connectivity index (χ0v) is 11.3. The first kappa shape index (κ1) is 15.0. The van der Waals surface area contributed by atoms with E-state index in [2.05, 4.69) is 5.32 Å². The zero-order valence-electron chi connectivity index (χ0n) is 11.3. The molecule has 1 aromatic carbocycles. The van der Waals surface area contributed by atoms with Crippen LogP contribution in [0.25, 0.3) is 0 Å². The predicted octanol–water partition coefficient (Wildman–Crippen LogP) is 1.93. The number of carboxylic acid groups (broad SMARTS) is 1. The number of nitrogens with one attached hydrogen (secondary N) is 1. The molecule has 0 spiro atoms. The Morgan fingerprint density at radius 1 is 1.37 bits per heavy atom. The van der Waals surface area contributed by atoms with Crippen LogP contribution in [0.15, 0.2) is 18.2 Å². The predicted molar refractivity (Wildman–Crippen MR) is 71.2 cm³/mol. The van der Waals surface area contributed by atoms with Crippen LogP contribution >= 0.6 is 0 Å². The van der Waals surface area contributed by atoms with Crippen LogP contribution in [0, 0.1) is 12.8 Å². The van der Waals surface area contributed by atoms with Crippen molar-refractivity contribution in [3.63, 3.8) is 0 Å². The molecule has 0 radical (unpaired) electrons. The van der Waals surface area contributed by atoms with E-state index in [1.165, 1.54) is 6.07 Å². The highest BCUT2D eigenvalue weighted by atomic mass is 16.4. The van der Waals surface area contributed by atoms with Gasteiger partial charge in [0.1, 0.15) is 11.8 Å². The summed E-state index contributed by atoms with van der Waals surface area (Å²) in [6.45, 7) is 5.25. The average Bonchev–Trinajstić information content (AvgIpc) is 2.37. The highest BCUT2D eigenvalue weighted by Crippen LogP contribution is 2.20. The fourth-order valence-corrected chi connectivity index (χ4v) is 1.77. The summed E-state index contributed by atoms with van der Waals surface area (Å²) in [6, 6.07) is 3.66. The Morgan fingerprint density at radius 3 is 2.53 bits per heavy atom. The number of carboxylic acids is 1. The van der Waals surface area contributed by atoms with Crippen molar-refractivity contribution in [3.8, 4) is 5.75 Å². The Labute approximate surface area is 112 Å². The molecule has 5 nitrogen and oxygen atoms in total. The van der Waals surface area contributed by atoms with Gasteiger partial charge in [-0.15, -0.1) is 0 Å². The van der Waals surface area contributed by atoms with Gasteiger partial charge in [-0.1, -0.05) is 26.3 Å². The van der Waals surface area contributed by atoms with Crippen molar-refractivity contribution in [2.45, 2.75) is 33.2 Å². The van der Waals surface area contributed by atoms with Crippen LogP contribution in [-0.4, -0.2) is 28.1 Å². The lowest BCUT2D eigenvalue weighted by molar-refractivity contribution is -0.140. The topological polar surface area (TPSA) is 86.6 Å². The van der Waals surface area contributed by atoms with E-state index in [9.17, 15) is 14.7 Å². The van der Waals surface area contributed by atoms with Gasteiger partial charge in [-0.3, -0.25) is 4.79 Å². The van der Waals surface area contributed by atoms with Crippen LogP contribution in [0.2, 0.25) is 0 Å². The number of aliphatic carboxylic acids is 1. The molecule has 2 atom stereocenters. The molecule has 0 fully saturated rings. The van der Waals surface area contributed by atoms with Crippen LogP contribution in [0.4, 0.5) is 0 Å². The van der Waals surface area contributed by atoms with Gasteiger partial charge in [-0.05, 0) is 25.0 Å². The number of aromatic hydroxyl groups is 1. The molecule has 19 heavy (non-hydrogen) atoms. The van der Waals surface area contributed by atoms with Crippen molar-refractivity contribution in [2.24, 2.45) is 5.92 Å². The number of carbonyl (C=O) groups is 2. The molecule has 0 aliphatic rings. The van der Waals surface area contributed by atoms with E-state index < -0.39 is 17.9 Å². The van der Waals surface area contributed by atoms with Gasteiger partial charge in [0.05, 0.1) is 0 Å². The van der Waals surface area contributed by atoms with Crippen molar-refractivity contribution < 1.29 is 19.8 Å². The van der Waals surface area contributed by atoms with Crippen LogP contribution < -0.4 is 5.32 Å². The van der Waals surface area contributed by atoms with Crippen LogP contribution in [-0.2, 0) is 4.79 Å². The van der Waals surface area contributed by atoms with Gasteiger partial charge in [-0.2, -0.15) is 0 Å². The standard InChI is InChI=1S/C14H19NO4/c1-4-8(2)12(14(18)19)15-13(17)10-6-5-7-11(16)9(10)3/h5-8,12,16H,4H2,1-3H3,(H,15,17)(H,18,19)/t8-,12-/m0/s1. The normalized spacial score (nSPS) is 13.6. The molecular weight excluding hydrogens is 246 g/mol. The molecule has 0 aliphatic carbocycles. The molecule has 0 saturated heterocycles. The summed E-state index contributed by atoms with van der Waals surface area (Å²) in [5.41, 5.74) is 0.725. The molecule has 0 aromatic heterocycles. The highest BCUT2D eigenvalue weighted by Gasteiger charge is 2.26. The Kier molecular flexibility index (Phi) is 4.92. The summed E-state index contributed by atoms with van der Waals surface area (Å²) in [5, 5.41) is 21.2. The number of phenols is 1. The van der Waals surface area contributed by atoms with Gasteiger partial charge in [0.2, 0.25) is 0 Å². The van der Waals surface area contributed by atoms with Gasteiger partial charge in [0, 0.05) is 11.1 Å². The van der Waals surface area contributed by atoms with Gasteiger partial charge < -0.3 is 15.5 Å². The summed E-state index contributed by atoms with van der Waals surface area (Å²) in [4.78, 5) is 23.2. The van der Waals surface area contributed by atoms with Gasteiger partial charge in [-0.25, -0.2) is 4.79 Å². The van der Waals surface area contributed by atoms with Crippen LogP contribution in [0.3, 0.4) is 0 Å². The summed E-state index contributed by atoms with van der Waals surface area (Å²) in [7, 11) is 0. The molecule has 1 aromatic rings. The van der Waals surface area contributed by atoms with Gasteiger partial charge >= 0.3 is 5.97 Å². The third-order valence-corrected chi connectivity index (χ3v) is 3.32. The number of hydrogen-bond donors (Lipinski definition) is 3.